The molecule has 0 unspecified atom stereocenters. The molecule has 8 nitrogen and oxygen atoms in total. The van der Waals surface area contributed by atoms with Crippen LogP contribution >= 0.6 is 22.9 Å². The first-order valence-corrected chi connectivity index (χ1v) is 14.3. The number of ether oxygens (including phenoxy) is 2. The number of amidine groups is 1. The molecule has 2 aliphatic rings. The first-order valence-electron chi connectivity index (χ1n) is 13.0. The van der Waals surface area contributed by atoms with Gasteiger partial charge in [-0.1, -0.05) is 25.4 Å². The number of rotatable bonds is 6. The summed E-state index contributed by atoms with van der Waals surface area (Å²) < 4.78 is 12.0. The number of aliphatic imine (C=N–C) groups is 1. The van der Waals surface area contributed by atoms with Crippen LogP contribution in [0.25, 0.3) is 21.3 Å². The number of allylic oxidation sites excluding steroid dienone is 3. The number of carbonyl (C=O) groups excluding carboxylic acids is 3. The third-order valence-electron chi connectivity index (χ3n) is 7.29. The van der Waals surface area contributed by atoms with Gasteiger partial charge in [-0.15, -0.1) is 11.3 Å². The SMILES string of the molecule is COC(=O)c1csc2c(-c3cc(Cl)ccc3OCCN3C(=C=O)C4=C(N=C3C)C(C)(C)CC(=C=O)C4)cc(C)nc12. The lowest BCUT2D eigenvalue weighted by Gasteiger charge is -2.39. The quantitative estimate of drug-likeness (QED) is 0.243. The zero-order chi connectivity index (χ0) is 29.5. The molecule has 210 valence electrons. The Bertz CT molecular complexity index is 1760. The summed E-state index contributed by atoms with van der Waals surface area (Å²) in [6, 6.07) is 7.30. The summed E-state index contributed by atoms with van der Waals surface area (Å²) in [5.41, 5.74) is 5.39. The molecule has 3 aromatic rings. The number of esters is 1. The first kappa shape index (κ1) is 28.5. The van der Waals surface area contributed by atoms with Crippen molar-refractivity contribution >= 4 is 56.8 Å². The van der Waals surface area contributed by atoms with Gasteiger partial charge in [0.15, 0.2) is 5.94 Å². The van der Waals surface area contributed by atoms with Crippen molar-refractivity contribution < 1.29 is 23.9 Å². The van der Waals surface area contributed by atoms with Crippen LogP contribution < -0.4 is 4.74 Å². The first-order chi connectivity index (χ1) is 19.6. The maximum absolute atomic E-state index is 12.3. The van der Waals surface area contributed by atoms with Crippen molar-refractivity contribution in [2.75, 3.05) is 20.3 Å². The fourth-order valence-corrected chi connectivity index (χ4v) is 6.67. The van der Waals surface area contributed by atoms with E-state index in [0.717, 1.165) is 27.2 Å². The minimum Gasteiger partial charge on any atom is -0.491 e. The molecule has 41 heavy (non-hydrogen) atoms. The lowest BCUT2D eigenvalue weighted by molar-refractivity contribution is 0.0603. The molecule has 1 aliphatic carbocycles. The van der Waals surface area contributed by atoms with Crippen LogP contribution in [0.5, 0.6) is 5.75 Å². The summed E-state index contributed by atoms with van der Waals surface area (Å²) in [4.78, 5) is 47.3. The van der Waals surface area contributed by atoms with Gasteiger partial charge in [-0.3, -0.25) is 4.98 Å². The molecule has 0 saturated heterocycles. The van der Waals surface area contributed by atoms with Gasteiger partial charge in [0.2, 0.25) is 0 Å². The molecule has 0 atom stereocenters. The van der Waals surface area contributed by atoms with E-state index in [-0.39, 0.29) is 6.61 Å². The molecule has 0 bridgehead atoms. The van der Waals surface area contributed by atoms with Crippen LogP contribution in [-0.4, -0.2) is 53.8 Å². The largest absolute Gasteiger partial charge is 0.491 e. The summed E-state index contributed by atoms with van der Waals surface area (Å²) in [7, 11) is 1.34. The summed E-state index contributed by atoms with van der Waals surface area (Å²) in [5, 5.41) is 2.27. The Morgan fingerprint density at radius 1 is 1.17 bits per heavy atom. The number of halogens is 1. The second-order valence-corrected chi connectivity index (χ2v) is 12.0. The number of methoxy groups -OCH3 is 1. The van der Waals surface area contributed by atoms with Gasteiger partial charge >= 0.3 is 5.97 Å². The Kier molecular flexibility index (Phi) is 7.73. The number of benzene rings is 1. The fraction of sp³-hybridized carbons (Fsp3) is 0.323. The number of fused-ring (bicyclic) bond motifs is 1. The second kappa shape index (κ2) is 11.1. The van der Waals surface area contributed by atoms with Crippen molar-refractivity contribution in [2.24, 2.45) is 10.4 Å². The van der Waals surface area contributed by atoms with Crippen molar-refractivity contribution in [1.82, 2.24) is 9.88 Å². The Labute approximate surface area is 246 Å². The average molecular weight is 590 g/mol. The fourth-order valence-electron chi connectivity index (χ4n) is 5.49. The Morgan fingerprint density at radius 2 is 1.95 bits per heavy atom. The van der Waals surface area contributed by atoms with E-state index in [0.29, 0.717) is 63.9 Å². The number of pyridine rings is 1. The summed E-state index contributed by atoms with van der Waals surface area (Å²) in [5.74, 6) is 4.93. The molecule has 5 rings (SSSR count). The predicted octanol–water partition coefficient (Wildman–Crippen LogP) is 6.37. The maximum atomic E-state index is 12.3. The van der Waals surface area contributed by atoms with Crippen molar-refractivity contribution in [1.29, 1.82) is 0 Å². The highest BCUT2D eigenvalue weighted by atomic mass is 35.5. The third-order valence-corrected chi connectivity index (χ3v) is 8.53. The molecule has 10 heteroatoms. The van der Waals surface area contributed by atoms with Gasteiger partial charge in [0.05, 0.1) is 35.1 Å². The van der Waals surface area contributed by atoms with Crippen molar-refractivity contribution in [3.05, 3.63) is 68.5 Å². The van der Waals surface area contributed by atoms with Crippen LogP contribution in [0.15, 0.2) is 57.2 Å². The molecule has 1 aromatic carbocycles. The monoisotopic (exact) mass is 589 g/mol. The van der Waals surface area contributed by atoms with Crippen LogP contribution in [-0.2, 0) is 14.3 Å². The number of nitrogens with zero attached hydrogens (tertiary/aromatic N) is 3. The Morgan fingerprint density at radius 3 is 2.66 bits per heavy atom. The van der Waals surface area contributed by atoms with Gasteiger partial charge in [0.1, 0.15) is 29.8 Å². The molecule has 0 spiro atoms. The van der Waals surface area contributed by atoms with Crippen LogP contribution in [0.3, 0.4) is 0 Å². The van der Waals surface area contributed by atoms with Crippen molar-refractivity contribution in [3.63, 3.8) is 0 Å². The predicted molar refractivity (Wildman–Crippen MR) is 160 cm³/mol. The van der Waals surface area contributed by atoms with E-state index in [1.807, 2.05) is 45.8 Å². The van der Waals surface area contributed by atoms with E-state index in [9.17, 15) is 14.4 Å². The van der Waals surface area contributed by atoms with Crippen LogP contribution in [0.4, 0.5) is 0 Å². The zero-order valence-electron chi connectivity index (χ0n) is 23.4. The molecule has 0 saturated carbocycles. The van der Waals surface area contributed by atoms with E-state index in [2.05, 4.69) is 10.9 Å². The standard InChI is InChI=1S/C31H28ClN3O5S/c1-17-10-22(28-27(33-17)24(16-41-28)30(38)39-5)21-12-20(32)6-7-26(21)40-9-8-35-18(2)34-29-23(25(35)15-37)11-19(14-36)13-31(29,3)4/h6-7,10,12,16H,8-9,11,13H2,1-5H3. The highest BCUT2D eigenvalue weighted by Gasteiger charge is 2.39. The molecule has 1 aliphatic heterocycles. The van der Waals surface area contributed by atoms with E-state index in [1.54, 1.807) is 22.4 Å². The normalized spacial score (nSPS) is 16.2. The number of hydrogen-bond donors (Lipinski definition) is 0. The summed E-state index contributed by atoms with van der Waals surface area (Å²) in [6.45, 7) is 8.29. The molecule has 3 heterocycles. The maximum Gasteiger partial charge on any atom is 0.340 e. The highest BCUT2D eigenvalue weighted by Crippen LogP contribution is 2.47. The van der Waals surface area contributed by atoms with Crippen molar-refractivity contribution in [2.45, 2.75) is 40.5 Å². The van der Waals surface area contributed by atoms with E-state index in [4.69, 9.17) is 26.1 Å². The Balaban J connectivity index is 1.45. The number of hydrogen-bond acceptors (Lipinski definition) is 9. The minimum atomic E-state index is -0.448. The Hall–Kier alpha value is -4.00. The molecule has 0 amide bonds. The van der Waals surface area contributed by atoms with Crippen LogP contribution in [0.2, 0.25) is 5.02 Å². The molecule has 0 radical (unpaired) electrons. The number of aryl methyl sites for hydroxylation is 1. The molecule has 0 N–H and O–H groups in total. The molecule has 0 fully saturated rings. The van der Waals surface area contributed by atoms with Crippen LogP contribution in [0.1, 0.15) is 49.7 Å². The van der Waals surface area contributed by atoms with Gasteiger partial charge in [0.25, 0.3) is 0 Å². The summed E-state index contributed by atoms with van der Waals surface area (Å²) in [6.07, 6.45) is 0.877. The second-order valence-electron chi connectivity index (χ2n) is 10.7. The smallest absolute Gasteiger partial charge is 0.340 e. The van der Waals surface area contributed by atoms with Gasteiger partial charge in [-0.2, -0.15) is 0 Å². The van der Waals surface area contributed by atoms with E-state index < -0.39 is 11.4 Å². The third kappa shape index (κ3) is 5.25. The van der Waals surface area contributed by atoms with Gasteiger partial charge < -0.3 is 14.4 Å². The molecule has 2 aromatic heterocycles. The summed E-state index contributed by atoms with van der Waals surface area (Å²) >= 11 is 7.81. The average Bonchev–Trinajstić information content (AvgIpc) is 3.36. The van der Waals surface area contributed by atoms with E-state index in [1.165, 1.54) is 18.4 Å². The van der Waals surface area contributed by atoms with Crippen LogP contribution in [0, 0.1) is 12.3 Å². The number of thiophene rings is 1. The van der Waals surface area contributed by atoms with Crippen molar-refractivity contribution in [3.8, 4) is 16.9 Å². The number of aromatic nitrogens is 1. The molecular weight excluding hydrogens is 562 g/mol. The van der Waals surface area contributed by atoms with E-state index >= 15 is 0 Å². The van der Waals surface area contributed by atoms with Gasteiger partial charge in [0, 0.05) is 50.2 Å². The van der Waals surface area contributed by atoms with Gasteiger partial charge in [-0.25, -0.2) is 19.4 Å². The van der Waals surface area contributed by atoms with Gasteiger partial charge in [-0.05, 0) is 44.5 Å². The lowest BCUT2D eigenvalue weighted by Crippen LogP contribution is -2.39. The minimum absolute atomic E-state index is 0.222. The molecular formula is C31H28ClN3O5S. The topological polar surface area (TPSA) is 98.2 Å². The zero-order valence-corrected chi connectivity index (χ0v) is 25.0. The highest BCUT2D eigenvalue weighted by molar-refractivity contribution is 7.18. The lowest BCUT2D eigenvalue weighted by atomic mass is 9.73. The number of carbonyl (C=O) groups is 1.